The first-order chi connectivity index (χ1) is 11.2. The average Bonchev–Trinajstić information content (AvgIpc) is 3.06. The van der Waals surface area contributed by atoms with Crippen LogP contribution in [0.4, 0.5) is 4.79 Å². The van der Waals surface area contributed by atoms with Gasteiger partial charge in [-0.2, -0.15) is 0 Å². The van der Waals surface area contributed by atoms with E-state index >= 15 is 0 Å². The predicted molar refractivity (Wildman–Crippen MR) is 91.2 cm³/mol. The molecule has 1 aliphatic carbocycles. The molecule has 0 aromatic carbocycles. The maximum absolute atomic E-state index is 11.7. The molecule has 0 aromatic rings. The summed E-state index contributed by atoms with van der Waals surface area (Å²) in [5.74, 6) is 0.797. The van der Waals surface area contributed by atoms with E-state index < -0.39 is 0 Å². The van der Waals surface area contributed by atoms with Gasteiger partial charge in [0.2, 0.25) is 5.91 Å². The third-order valence-corrected chi connectivity index (χ3v) is 4.84. The normalized spacial score (nSPS) is 21.8. The summed E-state index contributed by atoms with van der Waals surface area (Å²) >= 11 is 0. The molecule has 6 heteroatoms. The van der Waals surface area contributed by atoms with Gasteiger partial charge in [0.25, 0.3) is 0 Å². The fourth-order valence-electron chi connectivity index (χ4n) is 3.40. The van der Waals surface area contributed by atoms with Crippen molar-refractivity contribution in [1.82, 2.24) is 21.3 Å². The Morgan fingerprint density at radius 2 is 1.83 bits per heavy atom. The molecule has 4 N–H and O–H groups in total. The van der Waals surface area contributed by atoms with Crippen molar-refractivity contribution in [3.8, 4) is 0 Å². The Balaban J connectivity index is 1.42. The van der Waals surface area contributed by atoms with E-state index in [1.165, 1.54) is 25.7 Å². The molecule has 3 amide bonds. The highest BCUT2D eigenvalue weighted by Crippen LogP contribution is 2.17. The van der Waals surface area contributed by atoms with Crippen LogP contribution in [0.5, 0.6) is 0 Å². The van der Waals surface area contributed by atoms with Crippen LogP contribution in [0.25, 0.3) is 0 Å². The van der Waals surface area contributed by atoms with Gasteiger partial charge in [-0.15, -0.1) is 0 Å². The van der Waals surface area contributed by atoms with Crippen molar-refractivity contribution in [1.29, 1.82) is 0 Å². The fourth-order valence-corrected chi connectivity index (χ4v) is 3.40. The van der Waals surface area contributed by atoms with E-state index in [0.29, 0.717) is 31.3 Å². The van der Waals surface area contributed by atoms with Crippen LogP contribution in [-0.2, 0) is 4.79 Å². The van der Waals surface area contributed by atoms with Gasteiger partial charge < -0.3 is 21.3 Å². The monoisotopic (exact) mass is 324 g/mol. The topological polar surface area (TPSA) is 82.3 Å². The molecule has 1 saturated heterocycles. The van der Waals surface area contributed by atoms with Crippen molar-refractivity contribution in [3.05, 3.63) is 0 Å². The Bertz CT molecular complexity index is 364. The van der Waals surface area contributed by atoms with E-state index in [1.54, 1.807) is 0 Å². The van der Waals surface area contributed by atoms with E-state index in [9.17, 15) is 9.59 Å². The molecule has 2 fully saturated rings. The van der Waals surface area contributed by atoms with Crippen LogP contribution >= 0.6 is 0 Å². The third kappa shape index (κ3) is 7.68. The molecule has 2 rings (SSSR count). The molecule has 1 atom stereocenters. The summed E-state index contributed by atoms with van der Waals surface area (Å²) in [4.78, 5) is 23.5. The molecule has 1 saturated carbocycles. The molecular weight excluding hydrogens is 292 g/mol. The second-order valence-electron chi connectivity index (χ2n) is 6.84. The molecule has 0 spiro atoms. The molecule has 132 valence electrons. The number of amides is 3. The molecular formula is C17H32N4O2. The molecule has 0 aromatic heterocycles. The zero-order chi connectivity index (χ0) is 16.3. The van der Waals surface area contributed by atoms with Crippen molar-refractivity contribution in [3.63, 3.8) is 0 Å². The van der Waals surface area contributed by atoms with Crippen LogP contribution in [0.15, 0.2) is 0 Å². The van der Waals surface area contributed by atoms with Gasteiger partial charge in [-0.05, 0) is 51.1 Å². The Hall–Kier alpha value is -1.30. The minimum Gasteiger partial charge on any atom is -0.356 e. The van der Waals surface area contributed by atoms with Gasteiger partial charge in [-0.3, -0.25) is 4.79 Å². The zero-order valence-electron chi connectivity index (χ0n) is 14.2. The first kappa shape index (κ1) is 18.0. The first-order valence-corrected chi connectivity index (χ1v) is 9.26. The number of nitrogens with one attached hydrogen (secondary N) is 4. The second-order valence-corrected chi connectivity index (χ2v) is 6.84. The van der Waals surface area contributed by atoms with Crippen LogP contribution in [-0.4, -0.2) is 44.2 Å². The summed E-state index contributed by atoms with van der Waals surface area (Å²) in [6.07, 6.45) is 9.33. The number of hydrogen-bond donors (Lipinski definition) is 4. The maximum atomic E-state index is 11.7. The molecule has 0 radical (unpaired) electrons. The van der Waals surface area contributed by atoms with Crippen LogP contribution in [0, 0.1) is 5.92 Å². The lowest BCUT2D eigenvalue weighted by Gasteiger charge is -2.22. The quantitative estimate of drug-likeness (QED) is 0.511. The number of hydrogen-bond acceptors (Lipinski definition) is 3. The number of urea groups is 1. The van der Waals surface area contributed by atoms with Gasteiger partial charge >= 0.3 is 6.03 Å². The Morgan fingerprint density at radius 3 is 2.57 bits per heavy atom. The van der Waals surface area contributed by atoms with E-state index in [1.807, 2.05) is 0 Å². The summed E-state index contributed by atoms with van der Waals surface area (Å²) in [6.45, 7) is 3.50. The lowest BCUT2D eigenvalue weighted by Crippen LogP contribution is -2.43. The number of rotatable bonds is 8. The number of carbonyl (C=O) groups is 2. The first-order valence-electron chi connectivity index (χ1n) is 9.26. The smallest absolute Gasteiger partial charge is 0.315 e. The van der Waals surface area contributed by atoms with Crippen molar-refractivity contribution < 1.29 is 9.59 Å². The van der Waals surface area contributed by atoms with Crippen molar-refractivity contribution in [2.75, 3.05) is 26.2 Å². The Kier molecular flexibility index (Phi) is 8.21. The van der Waals surface area contributed by atoms with Gasteiger partial charge in [0.15, 0.2) is 0 Å². The van der Waals surface area contributed by atoms with Gasteiger partial charge in [0, 0.05) is 25.6 Å². The van der Waals surface area contributed by atoms with Crippen LogP contribution in [0.3, 0.4) is 0 Å². The maximum Gasteiger partial charge on any atom is 0.315 e. The summed E-state index contributed by atoms with van der Waals surface area (Å²) in [5, 5.41) is 12.2. The van der Waals surface area contributed by atoms with E-state index in [4.69, 9.17) is 0 Å². The average molecular weight is 324 g/mol. The van der Waals surface area contributed by atoms with Crippen LogP contribution in [0.1, 0.15) is 57.8 Å². The molecule has 1 unspecified atom stereocenters. The Morgan fingerprint density at radius 1 is 1.00 bits per heavy atom. The molecule has 2 aliphatic rings. The zero-order valence-corrected chi connectivity index (χ0v) is 14.2. The summed E-state index contributed by atoms with van der Waals surface area (Å²) < 4.78 is 0. The van der Waals surface area contributed by atoms with Crippen LogP contribution in [0.2, 0.25) is 0 Å². The fraction of sp³-hybridized carbons (Fsp3) is 0.882. The highest BCUT2D eigenvalue weighted by molar-refractivity contribution is 5.76. The lowest BCUT2D eigenvalue weighted by atomic mass is 9.96. The SMILES string of the molecule is O=C(CCCNC(=O)NC1CCCCC1)NCCC1CCNC1. The third-order valence-electron chi connectivity index (χ3n) is 4.84. The van der Waals surface area contributed by atoms with Gasteiger partial charge in [-0.1, -0.05) is 19.3 Å². The van der Waals surface area contributed by atoms with E-state index in [2.05, 4.69) is 21.3 Å². The largest absolute Gasteiger partial charge is 0.356 e. The summed E-state index contributed by atoms with van der Waals surface area (Å²) in [6, 6.07) is 0.239. The molecule has 1 heterocycles. The molecule has 23 heavy (non-hydrogen) atoms. The van der Waals surface area contributed by atoms with Crippen molar-refractivity contribution in [2.24, 2.45) is 5.92 Å². The standard InChI is InChI=1S/C17H32N4O2/c22-16(19-12-9-14-8-11-18-13-14)7-4-10-20-17(23)21-15-5-2-1-3-6-15/h14-15,18H,1-13H2,(H,19,22)(H2,20,21,23). The van der Waals surface area contributed by atoms with Gasteiger partial charge in [0.05, 0.1) is 0 Å². The molecule has 1 aliphatic heterocycles. The van der Waals surface area contributed by atoms with Gasteiger partial charge in [-0.25, -0.2) is 4.79 Å². The van der Waals surface area contributed by atoms with Crippen LogP contribution < -0.4 is 21.3 Å². The predicted octanol–water partition coefficient (Wildman–Crippen LogP) is 1.51. The van der Waals surface area contributed by atoms with Gasteiger partial charge in [0.1, 0.15) is 0 Å². The summed E-state index contributed by atoms with van der Waals surface area (Å²) in [5.41, 5.74) is 0. The highest BCUT2D eigenvalue weighted by atomic mass is 16.2. The molecule has 0 bridgehead atoms. The van der Waals surface area contributed by atoms with Crippen molar-refractivity contribution >= 4 is 11.9 Å². The minimum absolute atomic E-state index is 0.0884. The van der Waals surface area contributed by atoms with Crippen molar-refractivity contribution in [2.45, 2.75) is 63.8 Å². The van der Waals surface area contributed by atoms with E-state index in [0.717, 1.165) is 38.9 Å². The molecule has 6 nitrogen and oxygen atoms in total. The second kappa shape index (κ2) is 10.5. The highest BCUT2D eigenvalue weighted by Gasteiger charge is 2.15. The lowest BCUT2D eigenvalue weighted by molar-refractivity contribution is -0.121. The Labute approximate surface area is 139 Å². The summed E-state index contributed by atoms with van der Waals surface area (Å²) in [7, 11) is 0. The minimum atomic E-state index is -0.0916. The number of carbonyl (C=O) groups excluding carboxylic acids is 2. The van der Waals surface area contributed by atoms with E-state index in [-0.39, 0.29) is 11.9 Å².